The van der Waals surface area contributed by atoms with Crippen LogP contribution in [0.15, 0.2) is 24.3 Å². The Morgan fingerprint density at radius 3 is 2.84 bits per heavy atom. The Balaban J connectivity index is 2.01. The predicted octanol–water partition coefficient (Wildman–Crippen LogP) is 3.25. The number of hydrogen-bond acceptors (Lipinski definition) is 2. The summed E-state index contributed by atoms with van der Waals surface area (Å²) < 4.78 is 0. The number of nitrogens with zero attached hydrogens (tertiary/aromatic N) is 1. The second-order valence-electron chi connectivity index (χ2n) is 5.39. The van der Waals surface area contributed by atoms with Gasteiger partial charge in [-0.25, -0.2) is 0 Å². The minimum Gasteiger partial charge on any atom is -0.481 e. The van der Waals surface area contributed by atoms with Crippen LogP contribution in [0.25, 0.3) is 0 Å². The van der Waals surface area contributed by atoms with Crippen LogP contribution in [0.3, 0.4) is 0 Å². The van der Waals surface area contributed by atoms with Crippen molar-refractivity contribution in [3.05, 3.63) is 35.4 Å². The van der Waals surface area contributed by atoms with E-state index in [2.05, 4.69) is 17.9 Å². The minimum absolute atomic E-state index is 0.365. The standard InChI is InChI=1S/C16H23NO2/c1-2-3-4-7-10-17-11-13-8-5-6-9-14(13)15(12-17)16(18)19/h5-6,8-9,15H,2-4,7,10-12H2,1H3,(H,18,19). The maximum atomic E-state index is 11.4. The van der Waals surface area contributed by atoms with Gasteiger partial charge in [-0.05, 0) is 24.1 Å². The van der Waals surface area contributed by atoms with Gasteiger partial charge in [-0.3, -0.25) is 9.69 Å². The van der Waals surface area contributed by atoms with Gasteiger partial charge < -0.3 is 5.11 Å². The van der Waals surface area contributed by atoms with E-state index in [-0.39, 0.29) is 5.92 Å². The highest BCUT2D eigenvalue weighted by molar-refractivity contribution is 5.77. The molecule has 0 bridgehead atoms. The lowest BCUT2D eigenvalue weighted by Gasteiger charge is -2.32. The zero-order chi connectivity index (χ0) is 13.7. The van der Waals surface area contributed by atoms with Gasteiger partial charge >= 0.3 is 5.97 Å². The molecule has 1 unspecified atom stereocenters. The van der Waals surface area contributed by atoms with Crippen LogP contribution in [0.1, 0.15) is 49.7 Å². The molecule has 0 spiro atoms. The van der Waals surface area contributed by atoms with E-state index in [0.29, 0.717) is 6.54 Å². The Bertz CT molecular complexity index is 431. The molecule has 104 valence electrons. The third-order valence-electron chi connectivity index (χ3n) is 3.89. The van der Waals surface area contributed by atoms with E-state index >= 15 is 0 Å². The first-order chi connectivity index (χ1) is 9.22. The molecule has 0 saturated carbocycles. The Morgan fingerprint density at radius 2 is 2.11 bits per heavy atom. The van der Waals surface area contributed by atoms with Crippen LogP contribution in [0, 0.1) is 0 Å². The van der Waals surface area contributed by atoms with E-state index < -0.39 is 5.97 Å². The largest absolute Gasteiger partial charge is 0.481 e. The maximum absolute atomic E-state index is 11.4. The molecule has 3 heteroatoms. The topological polar surface area (TPSA) is 40.5 Å². The van der Waals surface area contributed by atoms with Crippen molar-refractivity contribution in [1.82, 2.24) is 4.90 Å². The summed E-state index contributed by atoms with van der Waals surface area (Å²) in [6.07, 6.45) is 4.92. The van der Waals surface area contributed by atoms with Crippen molar-refractivity contribution in [2.75, 3.05) is 13.1 Å². The van der Waals surface area contributed by atoms with Gasteiger partial charge in [0.15, 0.2) is 0 Å². The van der Waals surface area contributed by atoms with Crippen LogP contribution in [0.5, 0.6) is 0 Å². The lowest BCUT2D eigenvalue weighted by atomic mass is 9.89. The van der Waals surface area contributed by atoms with Crippen molar-refractivity contribution >= 4 is 5.97 Å². The predicted molar refractivity (Wildman–Crippen MR) is 76.2 cm³/mol. The summed E-state index contributed by atoms with van der Waals surface area (Å²) in [5, 5.41) is 9.39. The summed E-state index contributed by atoms with van der Waals surface area (Å²) >= 11 is 0. The van der Waals surface area contributed by atoms with Crippen molar-refractivity contribution < 1.29 is 9.90 Å². The molecule has 1 heterocycles. The highest BCUT2D eigenvalue weighted by Crippen LogP contribution is 2.28. The number of benzene rings is 1. The van der Waals surface area contributed by atoms with Gasteiger partial charge in [-0.15, -0.1) is 0 Å². The molecule has 0 amide bonds. The molecule has 1 atom stereocenters. The fraction of sp³-hybridized carbons (Fsp3) is 0.562. The molecular formula is C16H23NO2. The number of aliphatic carboxylic acids is 1. The van der Waals surface area contributed by atoms with E-state index in [1.54, 1.807) is 0 Å². The fourth-order valence-corrected chi connectivity index (χ4v) is 2.82. The van der Waals surface area contributed by atoms with Gasteiger partial charge in [0.05, 0.1) is 5.92 Å². The van der Waals surface area contributed by atoms with Crippen LogP contribution in [0.2, 0.25) is 0 Å². The average Bonchev–Trinajstić information content (AvgIpc) is 2.42. The monoisotopic (exact) mass is 261 g/mol. The smallest absolute Gasteiger partial charge is 0.312 e. The molecule has 0 aromatic heterocycles. The van der Waals surface area contributed by atoms with E-state index in [4.69, 9.17) is 0 Å². The number of hydrogen-bond donors (Lipinski definition) is 1. The number of unbranched alkanes of at least 4 members (excludes halogenated alkanes) is 3. The highest BCUT2D eigenvalue weighted by atomic mass is 16.4. The molecule has 1 aliphatic heterocycles. The molecule has 2 rings (SSSR count). The summed E-state index contributed by atoms with van der Waals surface area (Å²) in [6.45, 7) is 4.76. The van der Waals surface area contributed by atoms with Crippen molar-refractivity contribution in [3.8, 4) is 0 Å². The summed E-state index contributed by atoms with van der Waals surface area (Å²) in [7, 11) is 0. The van der Waals surface area contributed by atoms with E-state index in [0.717, 1.165) is 18.7 Å². The second-order valence-corrected chi connectivity index (χ2v) is 5.39. The van der Waals surface area contributed by atoms with Crippen LogP contribution in [0.4, 0.5) is 0 Å². The lowest BCUT2D eigenvalue weighted by molar-refractivity contribution is -0.139. The second kappa shape index (κ2) is 6.71. The van der Waals surface area contributed by atoms with Crippen molar-refractivity contribution in [2.45, 2.75) is 45.1 Å². The third kappa shape index (κ3) is 3.57. The molecule has 0 fully saturated rings. The molecule has 3 nitrogen and oxygen atoms in total. The quantitative estimate of drug-likeness (QED) is 0.799. The summed E-state index contributed by atoms with van der Waals surface area (Å²) in [4.78, 5) is 13.7. The first-order valence-electron chi connectivity index (χ1n) is 7.25. The first-order valence-corrected chi connectivity index (χ1v) is 7.25. The number of fused-ring (bicyclic) bond motifs is 1. The SMILES string of the molecule is CCCCCCN1Cc2ccccc2C(C(=O)O)C1. The highest BCUT2D eigenvalue weighted by Gasteiger charge is 2.29. The van der Waals surface area contributed by atoms with Crippen LogP contribution in [-0.2, 0) is 11.3 Å². The number of rotatable bonds is 6. The van der Waals surface area contributed by atoms with Gasteiger partial charge in [-0.1, -0.05) is 50.5 Å². The lowest BCUT2D eigenvalue weighted by Crippen LogP contribution is -2.37. The molecule has 1 N–H and O–H groups in total. The van der Waals surface area contributed by atoms with Gasteiger partial charge in [-0.2, -0.15) is 0 Å². The van der Waals surface area contributed by atoms with Gasteiger partial charge in [0.2, 0.25) is 0 Å². The summed E-state index contributed by atoms with van der Waals surface area (Å²) in [6, 6.07) is 7.95. The Labute approximate surface area is 115 Å². The van der Waals surface area contributed by atoms with Gasteiger partial charge in [0, 0.05) is 13.1 Å². The molecule has 1 aromatic rings. The van der Waals surface area contributed by atoms with Crippen LogP contribution >= 0.6 is 0 Å². The number of carbonyl (C=O) groups is 1. The van der Waals surface area contributed by atoms with E-state index in [9.17, 15) is 9.90 Å². The van der Waals surface area contributed by atoms with Crippen LogP contribution in [-0.4, -0.2) is 29.1 Å². The zero-order valence-electron chi connectivity index (χ0n) is 11.6. The molecule has 1 aromatic carbocycles. The average molecular weight is 261 g/mol. The van der Waals surface area contributed by atoms with Crippen LogP contribution < -0.4 is 0 Å². The fourth-order valence-electron chi connectivity index (χ4n) is 2.82. The molecule has 0 saturated heterocycles. The number of carboxylic acid groups (broad SMARTS) is 1. The van der Waals surface area contributed by atoms with E-state index in [1.165, 1.54) is 31.2 Å². The first kappa shape index (κ1) is 14.1. The molecule has 0 radical (unpaired) electrons. The number of carboxylic acids is 1. The molecule has 0 aliphatic carbocycles. The van der Waals surface area contributed by atoms with Crippen molar-refractivity contribution in [1.29, 1.82) is 0 Å². The van der Waals surface area contributed by atoms with Crippen molar-refractivity contribution in [2.24, 2.45) is 0 Å². The normalized spacial score (nSPS) is 19.1. The third-order valence-corrected chi connectivity index (χ3v) is 3.89. The molecule has 1 aliphatic rings. The Kier molecular flexibility index (Phi) is 4.97. The van der Waals surface area contributed by atoms with Gasteiger partial charge in [0.1, 0.15) is 0 Å². The Hall–Kier alpha value is -1.35. The minimum atomic E-state index is -0.703. The Morgan fingerprint density at radius 1 is 1.32 bits per heavy atom. The summed E-state index contributed by atoms with van der Waals surface area (Å²) in [5.74, 6) is -1.07. The van der Waals surface area contributed by atoms with E-state index in [1.807, 2.05) is 18.2 Å². The molecular weight excluding hydrogens is 238 g/mol. The molecule has 19 heavy (non-hydrogen) atoms. The van der Waals surface area contributed by atoms with Gasteiger partial charge in [0.25, 0.3) is 0 Å². The maximum Gasteiger partial charge on any atom is 0.312 e. The van der Waals surface area contributed by atoms with Crippen molar-refractivity contribution in [3.63, 3.8) is 0 Å². The summed E-state index contributed by atoms with van der Waals surface area (Å²) in [5.41, 5.74) is 2.18. The zero-order valence-corrected chi connectivity index (χ0v) is 11.6.